The molecule has 0 atom stereocenters. The van der Waals surface area contributed by atoms with Gasteiger partial charge in [0.25, 0.3) is 11.5 Å². The molecule has 2 aliphatic rings. The predicted molar refractivity (Wildman–Crippen MR) is 166 cm³/mol. The fourth-order valence-electron chi connectivity index (χ4n) is 5.61. The summed E-state index contributed by atoms with van der Waals surface area (Å²) in [5, 5.41) is 9.87. The van der Waals surface area contributed by atoms with Crippen molar-refractivity contribution in [3.63, 3.8) is 0 Å². The first kappa shape index (κ1) is 28.8. The minimum atomic E-state index is -0.342. The number of rotatable bonds is 7. The molecule has 2 fully saturated rings. The number of nitrogens with zero attached hydrogens (tertiary/aromatic N) is 4. The van der Waals surface area contributed by atoms with Gasteiger partial charge in [0, 0.05) is 25.2 Å². The smallest absolute Gasteiger partial charge is 0.270 e. The molecule has 0 radical (unpaired) electrons. The van der Waals surface area contributed by atoms with E-state index in [0.717, 1.165) is 43.7 Å². The van der Waals surface area contributed by atoms with Crippen LogP contribution in [0.15, 0.2) is 64.3 Å². The number of carbonyl (C=O) groups excluding carboxylic acids is 1. The molecule has 2 aromatic carbocycles. The van der Waals surface area contributed by atoms with E-state index in [4.69, 9.17) is 12.2 Å². The molecule has 41 heavy (non-hydrogen) atoms. The van der Waals surface area contributed by atoms with Crippen LogP contribution in [-0.4, -0.2) is 32.8 Å². The molecule has 0 aliphatic carbocycles. The number of piperidine rings is 1. The molecule has 0 unspecified atom stereocenters. The van der Waals surface area contributed by atoms with Gasteiger partial charge in [0.15, 0.2) is 0 Å². The topological polar surface area (TPSA) is 69.3 Å². The quantitative estimate of drug-likeness (QED) is 0.248. The van der Waals surface area contributed by atoms with E-state index in [2.05, 4.69) is 35.2 Å². The zero-order chi connectivity index (χ0) is 29.1. The van der Waals surface area contributed by atoms with Gasteiger partial charge in [-0.1, -0.05) is 66.4 Å². The van der Waals surface area contributed by atoms with Crippen LogP contribution >= 0.6 is 24.0 Å². The van der Waals surface area contributed by atoms with Crippen molar-refractivity contribution >= 4 is 46.1 Å². The number of aromatic nitrogens is 1. The third-order valence-corrected chi connectivity index (χ3v) is 9.22. The molecule has 3 aromatic rings. The molecule has 5 rings (SSSR count). The highest BCUT2D eigenvalue weighted by molar-refractivity contribution is 8.26. The van der Waals surface area contributed by atoms with Gasteiger partial charge in [-0.25, -0.2) is 4.39 Å². The lowest BCUT2D eigenvalue weighted by atomic mass is 9.90. The van der Waals surface area contributed by atoms with Gasteiger partial charge >= 0.3 is 0 Å². The fourth-order valence-corrected chi connectivity index (χ4v) is 6.85. The molecule has 2 saturated heterocycles. The van der Waals surface area contributed by atoms with E-state index in [-0.39, 0.29) is 29.4 Å². The van der Waals surface area contributed by atoms with Crippen molar-refractivity contribution in [2.45, 2.75) is 46.2 Å². The lowest BCUT2D eigenvalue weighted by Crippen LogP contribution is -2.39. The molecule has 0 N–H and O–H groups in total. The molecular formula is C32H31FN4O2S2. The van der Waals surface area contributed by atoms with E-state index in [1.807, 2.05) is 13.0 Å². The van der Waals surface area contributed by atoms with Gasteiger partial charge in [-0.15, -0.1) is 0 Å². The van der Waals surface area contributed by atoms with Gasteiger partial charge < -0.3 is 4.90 Å². The Morgan fingerprint density at radius 2 is 1.76 bits per heavy atom. The van der Waals surface area contributed by atoms with Crippen LogP contribution in [0, 0.1) is 30.0 Å². The van der Waals surface area contributed by atoms with Crippen molar-refractivity contribution in [2.24, 2.45) is 5.92 Å². The van der Waals surface area contributed by atoms with Crippen molar-refractivity contribution in [2.75, 3.05) is 18.0 Å². The second-order valence-corrected chi connectivity index (χ2v) is 12.1. The molecule has 2 aliphatic heterocycles. The fraction of sp³-hybridized carbons (Fsp3) is 0.312. The van der Waals surface area contributed by atoms with Gasteiger partial charge in [-0.05, 0) is 73.9 Å². The Morgan fingerprint density at radius 1 is 1.07 bits per heavy atom. The summed E-state index contributed by atoms with van der Waals surface area (Å²) in [7, 11) is 0. The summed E-state index contributed by atoms with van der Waals surface area (Å²) in [6, 6.07) is 18.6. The Labute approximate surface area is 249 Å². The zero-order valence-electron chi connectivity index (χ0n) is 23.1. The highest BCUT2D eigenvalue weighted by atomic mass is 32.2. The first-order chi connectivity index (χ1) is 19.8. The maximum absolute atomic E-state index is 13.5. The van der Waals surface area contributed by atoms with Crippen LogP contribution in [0.3, 0.4) is 0 Å². The van der Waals surface area contributed by atoms with Crippen LogP contribution in [0.2, 0.25) is 0 Å². The number of benzene rings is 2. The molecular weight excluding hydrogens is 556 g/mol. The highest BCUT2D eigenvalue weighted by Gasteiger charge is 2.34. The molecule has 9 heteroatoms. The lowest BCUT2D eigenvalue weighted by molar-refractivity contribution is -0.122. The first-order valence-corrected chi connectivity index (χ1v) is 15.0. The third-order valence-electron chi connectivity index (χ3n) is 7.85. The van der Waals surface area contributed by atoms with Crippen LogP contribution in [0.25, 0.3) is 6.08 Å². The Bertz CT molecular complexity index is 1600. The monoisotopic (exact) mass is 586 g/mol. The predicted octanol–water partition coefficient (Wildman–Crippen LogP) is 6.05. The Balaban J connectivity index is 1.47. The van der Waals surface area contributed by atoms with E-state index < -0.39 is 0 Å². The number of thiocarbonyl (C=S) groups is 1. The van der Waals surface area contributed by atoms with E-state index in [9.17, 15) is 19.2 Å². The number of pyridine rings is 1. The number of hydrogen-bond acceptors (Lipinski definition) is 6. The summed E-state index contributed by atoms with van der Waals surface area (Å²) in [5.74, 6) is 0.700. The molecule has 1 amide bonds. The van der Waals surface area contributed by atoms with Crippen LogP contribution in [0.5, 0.6) is 0 Å². The summed E-state index contributed by atoms with van der Waals surface area (Å²) in [4.78, 5) is 31.0. The number of anilines is 1. The van der Waals surface area contributed by atoms with E-state index in [1.54, 1.807) is 29.7 Å². The van der Waals surface area contributed by atoms with Gasteiger partial charge in [0.2, 0.25) is 0 Å². The molecule has 1 aromatic heterocycles. The van der Waals surface area contributed by atoms with Crippen LogP contribution < -0.4 is 10.5 Å². The normalized spacial score (nSPS) is 17.0. The second kappa shape index (κ2) is 12.4. The number of carbonyl (C=O) groups is 1. The Morgan fingerprint density at radius 3 is 2.39 bits per heavy atom. The summed E-state index contributed by atoms with van der Waals surface area (Å²) < 4.78 is 15.5. The minimum Gasteiger partial charge on any atom is -0.357 e. The van der Waals surface area contributed by atoms with Gasteiger partial charge in [0.05, 0.1) is 11.4 Å². The summed E-state index contributed by atoms with van der Waals surface area (Å²) in [6.07, 6.45) is 4.76. The average Bonchev–Trinajstić information content (AvgIpc) is 3.24. The van der Waals surface area contributed by atoms with Gasteiger partial charge in [-0.3, -0.25) is 19.1 Å². The number of thioether (sulfide) groups is 1. The van der Waals surface area contributed by atoms with Crippen LogP contribution in [-0.2, 0) is 24.3 Å². The van der Waals surface area contributed by atoms with E-state index in [0.29, 0.717) is 32.8 Å². The van der Waals surface area contributed by atoms with E-state index in [1.165, 1.54) is 34.4 Å². The second-order valence-electron chi connectivity index (χ2n) is 10.4. The van der Waals surface area contributed by atoms with Gasteiger partial charge in [-0.2, -0.15) is 5.26 Å². The highest BCUT2D eigenvalue weighted by Crippen LogP contribution is 2.37. The molecule has 0 spiro atoms. The number of nitriles is 1. The zero-order valence-corrected chi connectivity index (χ0v) is 24.7. The molecule has 0 bridgehead atoms. The maximum atomic E-state index is 13.5. The van der Waals surface area contributed by atoms with Crippen molar-refractivity contribution in [3.05, 3.63) is 103 Å². The van der Waals surface area contributed by atoms with Crippen molar-refractivity contribution < 1.29 is 9.18 Å². The maximum Gasteiger partial charge on any atom is 0.270 e. The number of hydrogen-bond donors (Lipinski definition) is 0. The first-order valence-electron chi connectivity index (χ1n) is 13.8. The van der Waals surface area contributed by atoms with Crippen molar-refractivity contribution in [1.82, 2.24) is 9.47 Å². The third kappa shape index (κ3) is 5.99. The summed E-state index contributed by atoms with van der Waals surface area (Å²) in [5.41, 5.74) is 3.14. The Kier molecular flexibility index (Phi) is 8.71. The standard InChI is InChI=1S/C32H31FN4O2S2/c1-3-36-29(35-15-13-23(14-16-35)17-22-7-5-4-6-8-22)26(21(2)27(19-34)30(36)38)18-28-31(39)37(32(40)41-28)20-24-9-11-25(33)12-10-24/h4-12,18,23H,3,13-17,20H2,1-2H3/b28-18+. The SMILES string of the molecule is CCn1c(N2CCC(Cc3ccccc3)CC2)c(/C=C2/SC(=S)N(Cc3ccc(F)cc3)C2=O)c(C)c(C#N)c1=O. The van der Waals surface area contributed by atoms with E-state index >= 15 is 0 Å². The molecule has 210 valence electrons. The Hall–Kier alpha value is -3.74. The van der Waals surface area contributed by atoms with Crippen molar-refractivity contribution in [3.8, 4) is 6.07 Å². The van der Waals surface area contributed by atoms with Crippen molar-refractivity contribution in [1.29, 1.82) is 5.26 Å². The summed E-state index contributed by atoms with van der Waals surface area (Å²) in [6.45, 7) is 5.86. The van der Waals surface area contributed by atoms with Crippen LogP contribution in [0.4, 0.5) is 10.2 Å². The lowest BCUT2D eigenvalue weighted by Gasteiger charge is -2.36. The largest absolute Gasteiger partial charge is 0.357 e. The number of amides is 1. The van der Waals surface area contributed by atoms with Crippen LogP contribution in [0.1, 0.15) is 47.6 Å². The average molecular weight is 587 g/mol. The molecule has 6 nitrogen and oxygen atoms in total. The van der Waals surface area contributed by atoms with Gasteiger partial charge in [0.1, 0.15) is 27.6 Å². The summed E-state index contributed by atoms with van der Waals surface area (Å²) >= 11 is 6.75. The molecule has 3 heterocycles. The minimum absolute atomic E-state index is 0.0857. The number of halogens is 1. The molecule has 0 saturated carbocycles.